The van der Waals surface area contributed by atoms with Crippen LogP contribution in [-0.4, -0.2) is 35.0 Å². The number of carbonyl (C=O) groups is 1. The summed E-state index contributed by atoms with van der Waals surface area (Å²) in [5, 5.41) is 2.83. The van der Waals surface area contributed by atoms with Crippen molar-refractivity contribution in [1.82, 2.24) is 10.0 Å². The molecule has 2 rings (SSSR count). The number of rotatable bonds is 8. The first-order chi connectivity index (χ1) is 14.0. The van der Waals surface area contributed by atoms with Crippen molar-refractivity contribution in [3.8, 4) is 0 Å². The van der Waals surface area contributed by atoms with Crippen LogP contribution in [0.2, 0.25) is 0 Å². The highest BCUT2D eigenvalue weighted by Gasteiger charge is 2.23. The van der Waals surface area contributed by atoms with Gasteiger partial charge in [-0.3, -0.25) is 4.79 Å². The minimum absolute atomic E-state index is 0.0542. The third-order valence-corrected chi connectivity index (χ3v) is 7.52. The molecule has 0 spiro atoms. The summed E-state index contributed by atoms with van der Waals surface area (Å²) in [6.45, 7) is 10.0. The summed E-state index contributed by atoms with van der Waals surface area (Å²) in [5.74, 6) is -0.195. The fourth-order valence-corrected chi connectivity index (χ4v) is 5.07. The molecule has 7 heteroatoms. The van der Waals surface area contributed by atoms with Gasteiger partial charge in [-0.2, -0.15) is 0 Å². The second-order valence-corrected chi connectivity index (χ2v) is 9.64. The van der Waals surface area contributed by atoms with E-state index in [2.05, 4.69) is 10.0 Å². The van der Waals surface area contributed by atoms with Crippen LogP contribution in [0.1, 0.15) is 39.8 Å². The zero-order valence-corrected chi connectivity index (χ0v) is 19.8. The van der Waals surface area contributed by atoms with Gasteiger partial charge in [0.2, 0.25) is 15.9 Å². The quantitative estimate of drug-likeness (QED) is 0.672. The Bertz CT molecular complexity index is 998. The molecule has 164 valence electrons. The monoisotopic (exact) mass is 431 g/mol. The number of benzene rings is 2. The van der Waals surface area contributed by atoms with Gasteiger partial charge in [0.15, 0.2) is 0 Å². The normalized spacial score (nSPS) is 11.4. The standard InChI is InChI=1S/C23H33N3O3S/c1-15-16(2)18(4)23(19(5)17(15)3)30(28,29)25-13-12-22(27)24-14-20-8-10-21(11-9-20)26(6)7/h8-11,25H,12-14H2,1-7H3,(H,24,27). The number of anilines is 1. The molecule has 0 radical (unpaired) electrons. The first-order valence-electron chi connectivity index (χ1n) is 10.0. The van der Waals surface area contributed by atoms with Gasteiger partial charge in [-0.15, -0.1) is 0 Å². The number of amides is 1. The molecule has 0 aromatic heterocycles. The van der Waals surface area contributed by atoms with Crippen LogP contribution in [0.5, 0.6) is 0 Å². The van der Waals surface area contributed by atoms with E-state index in [9.17, 15) is 13.2 Å². The molecule has 0 aliphatic rings. The molecule has 0 fully saturated rings. The van der Waals surface area contributed by atoms with Gasteiger partial charge in [0.25, 0.3) is 0 Å². The maximum absolute atomic E-state index is 12.9. The molecular weight excluding hydrogens is 398 g/mol. The van der Waals surface area contributed by atoms with E-state index in [1.807, 2.05) is 77.9 Å². The highest BCUT2D eigenvalue weighted by atomic mass is 32.2. The van der Waals surface area contributed by atoms with Crippen molar-refractivity contribution >= 4 is 21.6 Å². The molecular formula is C23H33N3O3S. The zero-order valence-electron chi connectivity index (χ0n) is 19.0. The molecule has 0 atom stereocenters. The van der Waals surface area contributed by atoms with Gasteiger partial charge >= 0.3 is 0 Å². The van der Waals surface area contributed by atoms with Gasteiger partial charge < -0.3 is 10.2 Å². The first-order valence-corrected chi connectivity index (χ1v) is 11.5. The highest BCUT2D eigenvalue weighted by Crippen LogP contribution is 2.29. The molecule has 6 nitrogen and oxygen atoms in total. The number of hydrogen-bond donors (Lipinski definition) is 2. The average molecular weight is 432 g/mol. The number of carbonyl (C=O) groups excluding carboxylic acids is 1. The molecule has 2 N–H and O–H groups in total. The topological polar surface area (TPSA) is 78.5 Å². The van der Waals surface area contributed by atoms with E-state index in [0.29, 0.717) is 11.4 Å². The summed E-state index contributed by atoms with van der Waals surface area (Å²) < 4.78 is 28.4. The molecule has 0 saturated carbocycles. The van der Waals surface area contributed by atoms with Crippen LogP contribution < -0.4 is 14.9 Å². The molecule has 2 aromatic rings. The van der Waals surface area contributed by atoms with Crippen LogP contribution in [0.4, 0.5) is 5.69 Å². The molecule has 1 amide bonds. The lowest BCUT2D eigenvalue weighted by Gasteiger charge is -2.19. The maximum Gasteiger partial charge on any atom is 0.241 e. The Balaban J connectivity index is 1.95. The Hall–Kier alpha value is -2.38. The molecule has 0 aliphatic carbocycles. The molecule has 0 aliphatic heterocycles. The van der Waals surface area contributed by atoms with E-state index >= 15 is 0 Å². The van der Waals surface area contributed by atoms with Gasteiger partial charge in [-0.05, 0) is 80.1 Å². The molecule has 0 bridgehead atoms. The van der Waals surface area contributed by atoms with Gasteiger partial charge in [0.1, 0.15) is 0 Å². The van der Waals surface area contributed by atoms with Crippen LogP contribution in [0.15, 0.2) is 29.2 Å². The SMILES string of the molecule is Cc1c(C)c(C)c(S(=O)(=O)NCCC(=O)NCc2ccc(N(C)C)cc2)c(C)c1C. The smallest absolute Gasteiger partial charge is 0.241 e. The second kappa shape index (κ2) is 9.62. The van der Waals surface area contributed by atoms with E-state index in [4.69, 9.17) is 0 Å². The van der Waals surface area contributed by atoms with Crippen molar-refractivity contribution in [2.24, 2.45) is 0 Å². The fourth-order valence-electron chi connectivity index (χ4n) is 3.44. The minimum Gasteiger partial charge on any atom is -0.378 e. The Labute approximate surface area is 180 Å². The molecule has 2 aromatic carbocycles. The largest absolute Gasteiger partial charge is 0.378 e. The van der Waals surface area contributed by atoms with E-state index < -0.39 is 10.0 Å². The van der Waals surface area contributed by atoms with Gasteiger partial charge in [0.05, 0.1) is 4.90 Å². The van der Waals surface area contributed by atoms with Gasteiger partial charge in [-0.25, -0.2) is 13.1 Å². The predicted molar refractivity (Wildman–Crippen MR) is 123 cm³/mol. The van der Waals surface area contributed by atoms with Crippen molar-refractivity contribution in [1.29, 1.82) is 0 Å². The van der Waals surface area contributed by atoms with Crippen molar-refractivity contribution in [2.45, 2.75) is 52.5 Å². The van der Waals surface area contributed by atoms with Gasteiger partial charge in [-0.1, -0.05) is 12.1 Å². The maximum atomic E-state index is 12.9. The third-order valence-electron chi connectivity index (χ3n) is 5.79. The van der Waals surface area contributed by atoms with Gasteiger partial charge in [0, 0.05) is 39.3 Å². The molecule has 30 heavy (non-hydrogen) atoms. The highest BCUT2D eigenvalue weighted by molar-refractivity contribution is 7.89. The lowest BCUT2D eigenvalue weighted by atomic mass is 9.95. The van der Waals surface area contributed by atoms with Crippen LogP contribution >= 0.6 is 0 Å². The van der Waals surface area contributed by atoms with E-state index in [1.165, 1.54) is 0 Å². The summed E-state index contributed by atoms with van der Waals surface area (Å²) in [7, 11) is 0.251. The average Bonchev–Trinajstić information content (AvgIpc) is 2.69. The summed E-state index contributed by atoms with van der Waals surface area (Å²) in [6, 6.07) is 7.91. The second-order valence-electron chi connectivity index (χ2n) is 7.94. The summed E-state index contributed by atoms with van der Waals surface area (Å²) in [4.78, 5) is 14.5. The van der Waals surface area contributed by atoms with Crippen molar-refractivity contribution in [3.63, 3.8) is 0 Å². The Morgan fingerprint density at radius 2 is 1.37 bits per heavy atom. The third kappa shape index (κ3) is 5.40. The summed E-state index contributed by atoms with van der Waals surface area (Å²) in [5.41, 5.74) is 6.68. The summed E-state index contributed by atoms with van der Waals surface area (Å²) in [6.07, 6.45) is 0.0803. The van der Waals surface area contributed by atoms with Crippen LogP contribution in [-0.2, 0) is 21.4 Å². The fraction of sp³-hybridized carbons (Fsp3) is 0.435. The minimum atomic E-state index is -3.69. The number of nitrogens with zero attached hydrogens (tertiary/aromatic N) is 1. The number of nitrogens with one attached hydrogen (secondary N) is 2. The van der Waals surface area contributed by atoms with Crippen LogP contribution in [0.3, 0.4) is 0 Å². The number of sulfonamides is 1. The van der Waals surface area contributed by atoms with E-state index in [1.54, 1.807) is 0 Å². The Kier molecular flexibility index (Phi) is 7.66. The summed E-state index contributed by atoms with van der Waals surface area (Å²) >= 11 is 0. The Morgan fingerprint density at radius 3 is 1.87 bits per heavy atom. The zero-order chi connectivity index (χ0) is 22.6. The van der Waals surface area contributed by atoms with Crippen molar-refractivity contribution in [3.05, 3.63) is 57.6 Å². The van der Waals surface area contributed by atoms with Crippen molar-refractivity contribution in [2.75, 3.05) is 25.5 Å². The van der Waals surface area contributed by atoms with Crippen LogP contribution in [0, 0.1) is 34.6 Å². The lowest BCUT2D eigenvalue weighted by molar-refractivity contribution is -0.121. The van der Waals surface area contributed by atoms with Crippen LogP contribution in [0.25, 0.3) is 0 Å². The predicted octanol–water partition coefficient (Wildman–Crippen LogP) is 3.28. The Morgan fingerprint density at radius 1 is 0.867 bits per heavy atom. The van der Waals surface area contributed by atoms with Crippen molar-refractivity contribution < 1.29 is 13.2 Å². The molecule has 0 saturated heterocycles. The van der Waals surface area contributed by atoms with E-state index in [-0.39, 0.29) is 18.9 Å². The van der Waals surface area contributed by atoms with E-state index in [0.717, 1.165) is 39.1 Å². The molecule has 0 unspecified atom stereocenters. The number of hydrogen-bond acceptors (Lipinski definition) is 4. The first kappa shape index (κ1) is 23.9. The lowest BCUT2D eigenvalue weighted by Crippen LogP contribution is -2.31. The molecule has 0 heterocycles.